The fourth-order valence-corrected chi connectivity index (χ4v) is 2.79. The van der Waals surface area contributed by atoms with Gasteiger partial charge in [0.2, 0.25) is 0 Å². The number of nitrogens with two attached hydrogens (primary N) is 2. The maximum absolute atomic E-state index is 11.3. The van der Waals surface area contributed by atoms with Gasteiger partial charge in [-0.1, -0.05) is 6.92 Å². The third-order valence-corrected chi connectivity index (χ3v) is 5.73. The third kappa shape index (κ3) is 8.91. The van der Waals surface area contributed by atoms with E-state index in [2.05, 4.69) is 15.0 Å². The lowest BCUT2D eigenvalue weighted by Crippen LogP contribution is -2.08. The highest BCUT2D eigenvalue weighted by atomic mass is 35.5. The second-order valence-electron chi connectivity index (χ2n) is 4.92. The third-order valence-electron chi connectivity index (χ3n) is 3.02. The first-order valence-electron chi connectivity index (χ1n) is 7.22. The van der Waals surface area contributed by atoms with E-state index in [0.29, 0.717) is 17.9 Å². The molecule has 2 aromatic heterocycles. The zero-order chi connectivity index (χ0) is 19.1. The zero-order valence-corrected chi connectivity index (χ0v) is 18.0. The first-order valence-corrected chi connectivity index (χ1v) is 10.8. The minimum atomic E-state index is -3.24. The van der Waals surface area contributed by atoms with Crippen LogP contribution in [0.3, 0.4) is 0 Å². The molecular weight excluding hydrogens is 437 g/mol. The molecule has 0 bridgehead atoms. The van der Waals surface area contributed by atoms with Crippen molar-refractivity contribution >= 4 is 44.5 Å². The molecule has 0 saturated heterocycles. The molecule has 0 fully saturated rings. The van der Waals surface area contributed by atoms with Crippen LogP contribution >= 0.6 is 24.8 Å². The van der Waals surface area contributed by atoms with Crippen LogP contribution in [0.1, 0.15) is 18.3 Å². The Hall–Kier alpha value is -1.37. The predicted molar refractivity (Wildman–Crippen MR) is 107 cm³/mol. The highest BCUT2D eigenvalue weighted by Gasteiger charge is 2.12. The van der Waals surface area contributed by atoms with Crippen molar-refractivity contribution in [3.05, 3.63) is 42.1 Å². The van der Waals surface area contributed by atoms with Crippen molar-refractivity contribution < 1.29 is 16.8 Å². The highest BCUT2D eigenvalue weighted by Crippen LogP contribution is 2.06. The van der Waals surface area contributed by atoms with Crippen LogP contribution in [0.15, 0.2) is 40.6 Å². The van der Waals surface area contributed by atoms with E-state index in [1.807, 2.05) is 0 Å². The fourth-order valence-electron chi connectivity index (χ4n) is 1.51. The number of aromatic nitrogens is 3. The van der Waals surface area contributed by atoms with Crippen molar-refractivity contribution in [1.29, 1.82) is 0 Å². The van der Waals surface area contributed by atoms with E-state index in [9.17, 15) is 16.8 Å². The maximum atomic E-state index is 11.3. The summed E-state index contributed by atoms with van der Waals surface area (Å²) in [6.07, 6.45) is 5.08. The number of rotatable bonds is 5. The van der Waals surface area contributed by atoms with Gasteiger partial charge < -0.3 is 11.5 Å². The van der Waals surface area contributed by atoms with Crippen LogP contribution in [0, 0.1) is 0 Å². The molecule has 27 heavy (non-hydrogen) atoms. The SMILES string of the molecule is CCS(=O)(=O)c1cnc(CN)cn1.CS(=O)(=O)c1ccc(CN)nc1.Cl.Cl. The number of sulfone groups is 2. The van der Waals surface area contributed by atoms with Gasteiger partial charge in [0.05, 0.1) is 34.4 Å². The summed E-state index contributed by atoms with van der Waals surface area (Å²) in [6, 6.07) is 3.11. The van der Waals surface area contributed by atoms with Gasteiger partial charge in [0.25, 0.3) is 0 Å². The molecule has 0 spiro atoms. The predicted octanol–water partition coefficient (Wildman–Crippen LogP) is 0.516. The Morgan fingerprint density at radius 3 is 1.74 bits per heavy atom. The van der Waals surface area contributed by atoms with Crippen LogP contribution in [-0.2, 0) is 32.8 Å². The van der Waals surface area contributed by atoms with Crippen LogP contribution in [-0.4, -0.2) is 43.8 Å². The lowest BCUT2D eigenvalue weighted by atomic mass is 10.4. The summed E-state index contributed by atoms with van der Waals surface area (Å²) in [5.74, 6) is 0.0314. The van der Waals surface area contributed by atoms with Crippen molar-refractivity contribution in [2.45, 2.75) is 29.9 Å². The highest BCUT2D eigenvalue weighted by molar-refractivity contribution is 7.91. The van der Waals surface area contributed by atoms with E-state index in [4.69, 9.17) is 11.5 Å². The summed E-state index contributed by atoms with van der Waals surface area (Å²) < 4.78 is 44.5. The van der Waals surface area contributed by atoms with Gasteiger partial charge in [0.1, 0.15) is 0 Å². The number of hydrogen-bond acceptors (Lipinski definition) is 9. The monoisotopic (exact) mass is 459 g/mol. The van der Waals surface area contributed by atoms with Crippen molar-refractivity contribution in [2.24, 2.45) is 11.5 Å². The summed E-state index contributed by atoms with van der Waals surface area (Å²) in [7, 11) is -6.37. The smallest absolute Gasteiger partial charge is 0.196 e. The Kier molecular flexibility index (Phi) is 12.5. The van der Waals surface area contributed by atoms with Crippen molar-refractivity contribution in [1.82, 2.24) is 15.0 Å². The van der Waals surface area contributed by atoms with E-state index in [0.717, 1.165) is 6.26 Å². The summed E-state index contributed by atoms with van der Waals surface area (Å²) >= 11 is 0. The summed E-state index contributed by atoms with van der Waals surface area (Å²) in [6.45, 7) is 2.15. The average molecular weight is 460 g/mol. The number of nitrogens with zero attached hydrogens (tertiary/aromatic N) is 3. The van der Waals surface area contributed by atoms with Gasteiger partial charge in [-0.15, -0.1) is 24.8 Å². The van der Waals surface area contributed by atoms with Crippen LogP contribution in [0.2, 0.25) is 0 Å². The van der Waals surface area contributed by atoms with Crippen molar-refractivity contribution in [3.8, 4) is 0 Å². The molecule has 2 rings (SSSR count). The molecule has 0 saturated carbocycles. The Morgan fingerprint density at radius 1 is 0.852 bits per heavy atom. The van der Waals surface area contributed by atoms with Gasteiger partial charge >= 0.3 is 0 Å². The molecule has 9 nitrogen and oxygen atoms in total. The average Bonchev–Trinajstić information content (AvgIpc) is 2.61. The Balaban J connectivity index is 0. The van der Waals surface area contributed by atoms with Crippen molar-refractivity contribution in [3.63, 3.8) is 0 Å². The van der Waals surface area contributed by atoms with Crippen LogP contribution in [0.4, 0.5) is 0 Å². The topological polar surface area (TPSA) is 159 Å². The molecule has 2 heterocycles. The molecule has 154 valence electrons. The molecule has 0 aromatic carbocycles. The van der Waals surface area contributed by atoms with Crippen LogP contribution in [0.5, 0.6) is 0 Å². The molecule has 0 radical (unpaired) electrons. The minimum absolute atomic E-state index is 0. The number of halogens is 2. The molecule has 0 amide bonds. The Bertz CT molecular complexity index is 890. The zero-order valence-electron chi connectivity index (χ0n) is 14.8. The van der Waals surface area contributed by atoms with Crippen LogP contribution in [0.25, 0.3) is 0 Å². The lowest BCUT2D eigenvalue weighted by Gasteiger charge is -1.99. The molecule has 13 heteroatoms. The Labute approximate surface area is 171 Å². The van der Waals surface area contributed by atoms with Gasteiger partial charge in [0, 0.05) is 25.5 Å². The molecule has 2 aromatic rings. The molecule has 0 aliphatic carbocycles. The minimum Gasteiger partial charge on any atom is -0.325 e. The van der Waals surface area contributed by atoms with E-state index >= 15 is 0 Å². The van der Waals surface area contributed by atoms with E-state index in [1.54, 1.807) is 13.0 Å². The second kappa shape index (κ2) is 12.2. The van der Waals surface area contributed by atoms with Gasteiger partial charge in [-0.25, -0.2) is 21.8 Å². The van der Waals surface area contributed by atoms with E-state index in [-0.39, 0.29) is 47.0 Å². The Morgan fingerprint density at radius 2 is 1.41 bits per heavy atom. The first kappa shape index (κ1) is 27.8. The largest absolute Gasteiger partial charge is 0.325 e. The summed E-state index contributed by atoms with van der Waals surface area (Å²) in [5.41, 5.74) is 11.8. The van der Waals surface area contributed by atoms with Gasteiger partial charge in [-0.3, -0.25) is 9.97 Å². The first-order chi connectivity index (χ1) is 11.6. The molecule has 4 N–H and O–H groups in total. The fraction of sp³-hybridized carbons (Fsp3) is 0.357. The molecule has 0 aliphatic rings. The summed E-state index contributed by atoms with van der Waals surface area (Å²) in [5, 5.41) is 0.00667. The number of pyridine rings is 1. The van der Waals surface area contributed by atoms with E-state index < -0.39 is 19.7 Å². The molecular formula is C14H23Cl2N5O4S2. The van der Waals surface area contributed by atoms with Gasteiger partial charge in [0.15, 0.2) is 24.7 Å². The summed E-state index contributed by atoms with van der Waals surface area (Å²) in [4.78, 5) is 11.7. The maximum Gasteiger partial charge on any atom is 0.196 e. The molecule has 0 aliphatic heterocycles. The van der Waals surface area contributed by atoms with E-state index in [1.165, 1.54) is 24.7 Å². The molecule has 0 atom stereocenters. The van der Waals surface area contributed by atoms with Crippen molar-refractivity contribution in [2.75, 3.05) is 12.0 Å². The molecule has 0 unspecified atom stereocenters. The quantitative estimate of drug-likeness (QED) is 0.648. The lowest BCUT2D eigenvalue weighted by molar-refractivity contribution is 0.592. The number of hydrogen-bond donors (Lipinski definition) is 2. The van der Waals surface area contributed by atoms with Gasteiger partial charge in [-0.2, -0.15) is 0 Å². The standard InChI is InChI=1S/C7H11N3O2S.C7H10N2O2S.2ClH/c1-2-13(11,12)7-5-9-6(3-8)4-10-7;1-12(10,11)7-3-2-6(4-8)9-5-7;;/h4-5H,2-3,8H2,1H3;2-3,5H,4,8H2,1H3;2*1H. The normalized spacial score (nSPS) is 10.7. The van der Waals surface area contributed by atoms with Gasteiger partial charge in [-0.05, 0) is 12.1 Å². The van der Waals surface area contributed by atoms with Crippen LogP contribution < -0.4 is 11.5 Å². The second-order valence-corrected chi connectivity index (χ2v) is 9.16.